The molecule has 0 aliphatic carbocycles. The van der Waals surface area contributed by atoms with Gasteiger partial charge in [0.15, 0.2) is 0 Å². The molecule has 4 aromatic heterocycles. The Morgan fingerprint density at radius 1 is 0.381 bits per heavy atom. The summed E-state index contributed by atoms with van der Waals surface area (Å²) in [5, 5.41) is 10.2. The summed E-state index contributed by atoms with van der Waals surface area (Å²) in [4.78, 5) is 128. The van der Waals surface area contributed by atoms with Crippen LogP contribution in [-0.2, 0) is 49.9 Å². The molecule has 8 N–H and O–H groups in total. The number of nitrogens with two attached hydrogens (primary N) is 1. The number of pyridine rings is 4. The van der Waals surface area contributed by atoms with Gasteiger partial charge in [0, 0.05) is 65.4 Å². The lowest BCUT2D eigenvalue weighted by molar-refractivity contribution is -0.884. The van der Waals surface area contributed by atoms with E-state index in [1.165, 1.54) is 74.3 Å². The summed E-state index contributed by atoms with van der Waals surface area (Å²) in [7, 11) is 0. The molecule has 4 fully saturated rings. The van der Waals surface area contributed by atoms with Crippen molar-refractivity contribution in [2.45, 2.75) is 129 Å². The largest absolute Gasteiger partial charge is 0.573 e. The first-order valence-electron chi connectivity index (χ1n) is 38.9. The van der Waals surface area contributed by atoms with Gasteiger partial charge in [0.2, 0.25) is 6.20 Å². The molecule has 0 atom stereocenters. The van der Waals surface area contributed by atoms with Gasteiger partial charge in [-0.3, -0.25) is 33.9 Å². The number of carbonyl (C=O) groups excluding carboxylic acids is 8. The van der Waals surface area contributed by atoms with Crippen LogP contribution < -0.4 is 55.2 Å². The molecule has 706 valence electrons. The Labute approximate surface area is 772 Å². The van der Waals surface area contributed by atoms with E-state index < -0.39 is 124 Å². The molecule has 0 radical (unpaired) electrons. The van der Waals surface area contributed by atoms with Gasteiger partial charge in [-0.25, -0.2) is 48.7 Å². The fourth-order valence-electron chi connectivity index (χ4n) is 14.6. The molecule has 134 heavy (non-hydrogen) atoms. The Morgan fingerprint density at radius 3 is 0.963 bits per heavy atom. The number of ether oxygens (including phenoxy) is 4. The Morgan fingerprint density at radius 2 is 0.642 bits per heavy atom. The van der Waals surface area contributed by atoms with Gasteiger partial charge >= 0.3 is 54.8 Å². The summed E-state index contributed by atoms with van der Waals surface area (Å²) >= 11 is 20.0. The van der Waals surface area contributed by atoms with Gasteiger partial charge < -0.3 is 55.9 Å². The second-order valence-corrected chi connectivity index (χ2v) is 38.4. The average Bonchev–Trinajstić information content (AvgIpc) is 1.61. The number of carbonyl (C=O) groups is 8. The molecular formula is C88H78Cl4F12N14O15P+. The minimum Gasteiger partial charge on any atom is -0.412 e. The van der Waals surface area contributed by atoms with Crippen LogP contribution in [0.4, 0.5) is 100 Å². The molecule has 8 heterocycles. The van der Waals surface area contributed by atoms with Crippen molar-refractivity contribution in [2.24, 2.45) is 0 Å². The van der Waals surface area contributed by atoms with Crippen molar-refractivity contribution < 1.29 is 130 Å². The number of benzene rings is 8. The van der Waals surface area contributed by atoms with Gasteiger partial charge in [0.05, 0.1) is 44.7 Å². The van der Waals surface area contributed by atoms with Crippen LogP contribution in [0.2, 0.25) is 5.15 Å². The van der Waals surface area contributed by atoms with E-state index in [1.54, 1.807) is 122 Å². The quantitative estimate of drug-likeness (QED) is 0.0202. The standard InChI is InChI=1S/C22H17ClF3N3O3.C22H19F3N4O3.C22H19F3N3O4.C22H18F3N3O3.Cl3OP.H3N.H2O/c1-21(2)19(30)29(14-7-9-15(10-8-14)32-22(24,25)26)20(31)28(21)12-13-11-18(23)27-17-6-4-3-5-16(13)17;1-21(2)19(30)29(14-7-9-15(10-8-14)32-22(23,24)25)20(31)28(21)12-13-11-18(26)27-17-6-4-3-5-16(13)17;1-21(2)19(29)28(15-7-9-16(10-8-15)32-22(23,24)25)20(30)26(21)13-14-11-12-27(31)18-6-4-3-5-17(14)18;1-21(2)19(29)28(15-7-9-16(10-8-15)31-22(23,24)25)20(30)27(21)13-14-11-12-26-18-6-4-3-5-17(14)18;1-5(2,3)4;;/h3-11H,12H2,1-2H3;3-11H,12H2,1-2H3,(H2,26,27);3-12,31H,13H2,1-2H3;3-12H,13H2,1-2H3;;1H3;1H2/q;;+1;;;;. The third-order valence-corrected chi connectivity index (χ3v) is 21.4. The highest BCUT2D eigenvalue weighted by Gasteiger charge is 2.56. The van der Waals surface area contributed by atoms with E-state index in [0.29, 0.717) is 27.5 Å². The number of urea groups is 4. The minimum atomic E-state index is -4.84. The summed E-state index contributed by atoms with van der Waals surface area (Å²) in [6.07, 6.45) is -16.3. The number of amides is 12. The lowest BCUT2D eigenvalue weighted by Gasteiger charge is -2.28. The zero-order valence-electron chi connectivity index (χ0n) is 71.2. The first-order valence-corrected chi connectivity index (χ1v) is 43.7. The van der Waals surface area contributed by atoms with Crippen molar-refractivity contribution >= 4 is 170 Å². The molecule has 29 nitrogen and oxygen atoms in total. The van der Waals surface area contributed by atoms with Crippen molar-refractivity contribution in [1.29, 1.82) is 0 Å². The van der Waals surface area contributed by atoms with Crippen LogP contribution >= 0.6 is 50.5 Å². The topological polar surface area (TPSA) is 372 Å². The normalized spacial score (nSPS) is 15.8. The summed E-state index contributed by atoms with van der Waals surface area (Å²) < 4.78 is 175. The maximum absolute atomic E-state index is 13.2. The van der Waals surface area contributed by atoms with Crippen molar-refractivity contribution in [1.82, 2.24) is 40.7 Å². The van der Waals surface area contributed by atoms with E-state index in [1.807, 2.05) is 60.7 Å². The number of hydrogen-bond donors (Lipinski definition) is 3. The molecule has 4 aliphatic heterocycles. The van der Waals surface area contributed by atoms with Crippen LogP contribution in [0.25, 0.3) is 43.6 Å². The number of nitrogen functional groups attached to an aromatic ring is 1. The molecule has 4 saturated heterocycles. The van der Waals surface area contributed by atoms with Crippen molar-refractivity contribution in [3.8, 4) is 23.0 Å². The summed E-state index contributed by atoms with van der Waals surface area (Å²) in [6, 6.07) is 51.9. The number of aromatic nitrogens is 4. The van der Waals surface area contributed by atoms with Crippen LogP contribution in [-0.4, -0.2) is 141 Å². The van der Waals surface area contributed by atoms with Crippen LogP contribution in [0.1, 0.15) is 77.6 Å². The van der Waals surface area contributed by atoms with Gasteiger partial charge in [0.25, 0.3) is 29.1 Å². The Balaban J connectivity index is 0.000000181. The lowest BCUT2D eigenvalue weighted by Crippen LogP contribution is -2.44. The Kier molecular flexibility index (Phi) is 30.1. The number of rotatable bonds is 16. The number of nitrogens with zero attached hydrogens (tertiary/aromatic N) is 12. The molecule has 12 aromatic rings. The van der Waals surface area contributed by atoms with Crippen LogP contribution in [0.5, 0.6) is 23.0 Å². The molecule has 0 unspecified atom stereocenters. The minimum absolute atomic E-state index is 0. The third kappa shape index (κ3) is 23.2. The maximum atomic E-state index is 13.2. The van der Waals surface area contributed by atoms with E-state index >= 15 is 0 Å². The number of alkyl halides is 12. The smallest absolute Gasteiger partial charge is 0.412 e. The van der Waals surface area contributed by atoms with Gasteiger partial charge in [0.1, 0.15) is 56.1 Å². The van der Waals surface area contributed by atoms with E-state index in [4.69, 9.17) is 17.3 Å². The zero-order chi connectivity index (χ0) is 96.7. The number of hydrogen-bond acceptors (Lipinski definition) is 19. The highest BCUT2D eigenvalue weighted by atomic mass is 36.0. The summed E-state index contributed by atoms with van der Waals surface area (Å²) in [6.45, 7) is 13.4. The second-order valence-electron chi connectivity index (χ2n) is 31.4. The van der Waals surface area contributed by atoms with Crippen LogP contribution in [0.3, 0.4) is 0 Å². The molecule has 8 aromatic carbocycles. The number of para-hydroxylation sites is 4. The number of anilines is 5. The van der Waals surface area contributed by atoms with Gasteiger partial charge in [-0.2, -0.15) is 0 Å². The summed E-state index contributed by atoms with van der Waals surface area (Å²) in [5.74, 6) is -3.49. The molecule has 46 heteroatoms. The lowest BCUT2D eigenvalue weighted by atomic mass is 10.0. The molecule has 4 aliphatic rings. The molecule has 12 amide bonds. The SMILES string of the molecule is CC1(C)C(=O)N(c2ccc(OC(F)(F)F)cc2)C(=O)N1Cc1cc(Cl)nc2ccccc12.CC1(C)C(=O)N(c2ccc(OC(F)(F)F)cc2)C(=O)N1Cc1cc(N)nc2ccccc12.CC1(C)C(=O)N(c2ccc(OC(F)(F)F)cc2)C(=O)N1Cc1cc[n+](O)c2ccccc12.CC1(C)C(=O)N(c2ccc(OC(F)(F)F)cc2)C(=O)N1Cc1ccnc2ccccc12.N.O.O=P(Cl)(Cl)Cl. The molecule has 0 spiro atoms. The maximum Gasteiger partial charge on any atom is 0.573 e. The molecule has 16 rings (SSSR count). The van der Waals surface area contributed by atoms with E-state index in [9.17, 15) is 101 Å². The number of fused-ring (bicyclic) bond motifs is 4. The van der Waals surface area contributed by atoms with Crippen LogP contribution in [0, 0.1) is 0 Å². The highest BCUT2D eigenvalue weighted by molar-refractivity contribution is 8.24. The first-order chi connectivity index (χ1) is 61.5. The number of halogens is 16. The predicted octanol–water partition coefficient (Wildman–Crippen LogP) is 21.0. The Hall–Kier alpha value is -13.6. The fraction of sp³-hybridized carbons (Fsp3) is 0.227. The highest BCUT2D eigenvalue weighted by Crippen LogP contribution is 2.61. The zero-order valence-corrected chi connectivity index (χ0v) is 75.1. The van der Waals surface area contributed by atoms with Crippen LogP contribution in [0.15, 0.2) is 231 Å². The van der Waals surface area contributed by atoms with Gasteiger partial charge in [-0.05, 0) is 251 Å². The fourth-order valence-corrected chi connectivity index (χ4v) is 14.9. The first kappa shape index (κ1) is 103. The van der Waals surface area contributed by atoms with Crippen molar-refractivity contribution in [2.75, 3.05) is 25.3 Å². The monoisotopic (exact) mass is 1970 g/mol. The average molecular weight is 1970 g/mol. The number of imide groups is 4. The predicted molar refractivity (Wildman–Crippen MR) is 472 cm³/mol. The van der Waals surface area contributed by atoms with E-state index in [-0.39, 0.29) is 71.5 Å². The van der Waals surface area contributed by atoms with E-state index in [2.05, 4.69) is 67.6 Å². The second kappa shape index (κ2) is 39.3. The Bertz CT molecular complexity index is 6330. The molecule has 0 saturated carbocycles. The van der Waals surface area contributed by atoms with Gasteiger partial charge in [-0.1, -0.05) is 78.3 Å². The summed E-state index contributed by atoms with van der Waals surface area (Å²) in [5.41, 5.74) is 7.37. The molecule has 0 bridgehead atoms. The molecular weight excluding hydrogens is 1890 g/mol. The van der Waals surface area contributed by atoms with Crippen molar-refractivity contribution in [3.63, 3.8) is 0 Å². The van der Waals surface area contributed by atoms with Gasteiger partial charge in [-0.15, -0.1) is 52.7 Å². The third-order valence-electron chi connectivity index (χ3n) is 21.2. The van der Waals surface area contributed by atoms with E-state index in [0.717, 1.165) is 111 Å². The van der Waals surface area contributed by atoms with Crippen molar-refractivity contribution in [3.05, 3.63) is 258 Å².